The van der Waals surface area contributed by atoms with Gasteiger partial charge in [0.1, 0.15) is 12.4 Å². The highest BCUT2D eigenvalue weighted by atomic mass is 32.1. The first-order valence-corrected chi connectivity index (χ1v) is 9.21. The summed E-state index contributed by atoms with van der Waals surface area (Å²) in [5, 5.41) is 6.57. The number of hydrogen-bond donors (Lipinski definition) is 1. The van der Waals surface area contributed by atoms with Crippen LogP contribution in [0.1, 0.15) is 24.5 Å². The molecule has 0 radical (unpaired) electrons. The van der Waals surface area contributed by atoms with Crippen LogP contribution in [0, 0.1) is 0 Å². The number of nitrogens with one attached hydrogen (secondary N) is 1. The van der Waals surface area contributed by atoms with E-state index in [-0.39, 0.29) is 0 Å². The predicted octanol–water partition coefficient (Wildman–Crippen LogP) is 3.18. The van der Waals surface area contributed by atoms with E-state index in [1.165, 1.54) is 0 Å². The van der Waals surface area contributed by atoms with E-state index in [0.717, 1.165) is 41.9 Å². The van der Waals surface area contributed by atoms with Gasteiger partial charge in [0.25, 0.3) is 0 Å². The largest absolute Gasteiger partial charge is 0.492 e. The Morgan fingerprint density at radius 2 is 2.08 bits per heavy atom. The summed E-state index contributed by atoms with van der Waals surface area (Å²) in [5.41, 5.74) is 1.03. The van der Waals surface area contributed by atoms with E-state index in [1.54, 1.807) is 11.3 Å². The number of aromatic nitrogens is 1. The van der Waals surface area contributed by atoms with Crippen molar-refractivity contribution >= 4 is 17.3 Å². The summed E-state index contributed by atoms with van der Waals surface area (Å²) < 4.78 is 5.75. The van der Waals surface area contributed by atoms with Crippen LogP contribution in [-0.2, 0) is 13.0 Å². The quantitative estimate of drug-likeness (QED) is 0.589. The van der Waals surface area contributed by atoms with Gasteiger partial charge < -0.3 is 15.0 Å². The van der Waals surface area contributed by atoms with E-state index >= 15 is 0 Å². The molecule has 0 atom stereocenters. The Morgan fingerprint density at radius 1 is 1.29 bits per heavy atom. The molecule has 0 fully saturated rings. The molecule has 1 heterocycles. The lowest BCUT2D eigenvalue weighted by molar-refractivity contribution is 0.281. The smallest absolute Gasteiger partial charge is 0.194 e. The molecule has 2 rings (SSSR count). The first kappa shape index (κ1) is 18.3. The highest BCUT2D eigenvalue weighted by molar-refractivity contribution is 7.09. The van der Waals surface area contributed by atoms with E-state index in [0.29, 0.717) is 13.2 Å². The van der Waals surface area contributed by atoms with Crippen molar-refractivity contribution in [3.05, 3.63) is 46.4 Å². The Kier molecular flexibility index (Phi) is 7.55. The summed E-state index contributed by atoms with van der Waals surface area (Å²) in [6.07, 6.45) is 0.977. The third-order valence-electron chi connectivity index (χ3n) is 3.43. The van der Waals surface area contributed by atoms with Crippen molar-refractivity contribution in [2.45, 2.75) is 26.8 Å². The first-order chi connectivity index (χ1) is 11.7. The SMILES string of the molecule is CCNC(=NCc1csc(CC)n1)N(C)CCOc1ccccc1. The zero-order valence-corrected chi connectivity index (χ0v) is 15.5. The molecule has 6 heteroatoms. The highest BCUT2D eigenvalue weighted by Crippen LogP contribution is 2.11. The van der Waals surface area contributed by atoms with Gasteiger partial charge in [-0.05, 0) is 25.5 Å². The molecule has 0 aliphatic carbocycles. The van der Waals surface area contributed by atoms with Crippen LogP contribution in [0.4, 0.5) is 0 Å². The van der Waals surface area contributed by atoms with E-state index in [9.17, 15) is 0 Å². The molecule has 1 aromatic carbocycles. The summed E-state index contributed by atoms with van der Waals surface area (Å²) in [7, 11) is 2.02. The number of thiazole rings is 1. The second-order valence-electron chi connectivity index (χ2n) is 5.34. The van der Waals surface area contributed by atoms with Crippen molar-refractivity contribution in [3.8, 4) is 5.75 Å². The molecule has 0 bridgehead atoms. The summed E-state index contributed by atoms with van der Waals surface area (Å²) in [5.74, 6) is 1.77. The second-order valence-corrected chi connectivity index (χ2v) is 6.28. The molecular formula is C18H26N4OS. The van der Waals surface area contributed by atoms with Crippen LogP contribution in [-0.4, -0.2) is 42.6 Å². The fourth-order valence-electron chi connectivity index (χ4n) is 2.13. The van der Waals surface area contributed by atoms with Crippen LogP contribution < -0.4 is 10.1 Å². The number of para-hydroxylation sites is 1. The first-order valence-electron chi connectivity index (χ1n) is 8.33. The van der Waals surface area contributed by atoms with Gasteiger partial charge >= 0.3 is 0 Å². The van der Waals surface area contributed by atoms with Crippen molar-refractivity contribution < 1.29 is 4.74 Å². The molecule has 1 N–H and O–H groups in total. The minimum absolute atomic E-state index is 0.600. The molecule has 24 heavy (non-hydrogen) atoms. The third-order valence-corrected chi connectivity index (χ3v) is 4.47. The fourth-order valence-corrected chi connectivity index (χ4v) is 2.87. The number of nitrogens with zero attached hydrogens (tertiary/aromatic N) is 3. The standard InChI is InChI=1S/C18H26N4OS/c1-4-17-21-15(14-24-17)13-20-18(19-5-2)22(3)11-12-23-16-9-7-6-8-10-16/h6-10,14H,4-5,11-13H2,1-3H3,(H,19,20). The Hall–Kier alpha value is -2.08. The van der Waals surface area contributed by atoms with E-state index < -0.39 is 0 Å². The van der Waals surface area contributed by atoms with Crippen LogP contribution >= 0.6 is 11.3 Å². The lowest BCUT2D eigenvalue weighted by Crippen LogP contribution is -2.40. The molecule has 0 saturated carbocycles. The summed E-state index contributed by atoms with van der Waals surface area (Å²) in [4.78, 5) is 11.3. The zero-order valence-electron chi connectivity index (χ0n) is 14.7. The van der Waals surface area contributed by atoms with Crippen molar-refractivity contribution in [1.29, 1.82) is 0 Å². The van der Waals surface area contributed by atoms with Crippen molar-refractivity contribution in [3.63, 3.8) is 0 Å². The van der Waals surface area contributed by atoms with Crippen LogP contribution in [0.3, 0.4) is 0 Å². The Balaban J connectivity index is 1.86. The number of benzene rings is 1. The molecule has 0 unspecified atom stereocenters. The van der Waals surface area contributed by atoms with Gasteiger partial charge in [0, 0.05) is 19.0 Å². The Labute approximate surface area is 148 Å². The van der Waals surface area contributed by atoms with Gasteiger partial charge in [-0.25, -0.2) is 9.98 Å². The van der Waals surface area contributed by atoms with Crippen molar-refractivity contribution in [2.75, 3.05) is 26.7 Å². The maximum atomic E-state index is 5.75. The molecule has 1 aromatic heterocycles. The number of ether oxygens (including phenoxy) is 1. The van der Waals surface area contributed by atoms with E-state index in [1.807, 2.05) is 37.4 Å². The van der Waals surface area contributed by atoms with Crippen molar-refractivity contribution in [1.82, 2.24) is 15.2 Å². The third kappa shape index (κ3) is 5.85. The molecule has 0 spiro atoms. The number of aryl methyl sites for hydroxylation is 1. The molecule has 5 nitrogen and oxygen atoms in total. The lowest BCUT2D eigenvalue weighted by atomic mass is 10.3. The molecule has 0 saturated heterocycles. The van der Waals surface area contributed by atoms with Crippen LogP contribution in [0.25, 0.3) is 0 Å². The predicted molar refractivity (Wildman–Crippen MR) is 101 cm³/mol. The maximum Gasteiger partial charge on any atom is 0.194 e. The lowest BCUT2D eigenvalue weighted by Gasteiger charge is -2.22. The number of aliphatic imine (C=N–C) groups is 1. The van der Waals surface area contributed by atoms with Gasteiger partial charge in [-0.2, -0.15) is 0 Å². The minimum atomic E-state index is 0.600. The number of guanidine groups is 1. The summed E-state index contributed by atoms with van der Waals surface area (Å²) in [6.45, 7) is 7.00. The maximum absolute atomic E-state index is 5.75. The molecule has 0 aliphatic heterocycles. The molecular weight excluding hydrogens is 320 g/mol. The highest BCUT2D eigenvalue weighted by Gasteiger charge is 2.07. The number of rotatable bonds is 8. The van der Waals surface area contributed by atoms with Gasteiger partial charge in [-0.3, -0.25) is 0 Å². The van der Waals surface area contributed by atoms with Gasteiger partial charge in [0.05, 0.1) is 23.8 Å². The average Bonchev–Trinajstić information content (AvgIpc) is 3.07. The fraction of sp³-hybridized carbons (Fsp3) is 0.444. The minimum Gasteiger partial charge on any atom is -0.492 e. The van der Waals surface area contributed by atoms with E-state index in [2.05, 4.69) is 39.4 Å². The number of hydrogen-bond acceptors (Lipinski definition) is 4. The van der Waals surface area contributed by atoms with Gasteiger partial charge in [-0.15, -0.1) is 11.3 Å². The van der Waals surface area contributed by atoms with Crippen molar-refractivity contribution in [2.24, 2.45) is 4.99 Å². The monoisotopic (exact) mass is 346 g/mol. The topological polar surface area (TPSA) is 49.8 Å². The van der Waals surface area contributed by atoms with Crippen LogP contribution in [0.2, 0.25) is 0 Å². The molecule has 0 amide bonds. The van der Waals surface area contributed by atoms with Gasteiger partial charge in [0.15, 0.2) is 5.96 Å². The average molecular weight is 346 g/mol. The second kappa shape index (κ2) is 9.93. The van der Waals surface area contributed by atoms with Gasteiger partial charge in [0.2, 0.25) is 0 Å². The molecule has 0 aliphatic rings. The van der Waals surface area contributed by atoms with E-state index in [4.69, 9.17) is 4.74 Å². The molecule has 2 aromatic rings. The molecule has 130 valence electrons. The Bertz CT molecular complexity index is 627. The zero-order chi connectivity index (χ0) is 17.2. The van der Waals surface area contributed by atoms with Crippen LogP contribution in [0.5, 0.6) is 5.75 Å². The van der Waals surface area contributed by atoms with Crippen LogP contribution in [0.15, 0.2) is 40.7 Å². The summed E-state index contributed by atoms with van der Waals surface area (Å²) in [6, 6.07) is 9.86. The summed E-state index contributed by atoms with van der Waals surface area (Å²) >= 11 is 1.70. The Morgan fingerprint density at radius 3 is 2.75 bits per heavy atom. The van der Waals surface area contributed by atoms with Gasteiger partial charge in [-0.1, -0.05) is 25.1 Å². The normalized spacial score (nSPS) is 11.4. The number of likely N-dealkylation sites (N-methyl/N-ethyl adjacent to an activating group) is 1.